The molecule has 0 saturated carbocycles. The Morgan fingerprint density at radius 3 is 2.50 bits per heavy atom. The van der Waals surface area contributed by atoms with Gasteiger partial charge in [0.1, 0.15) is 17.6 Å². The van der Waals surface area contributed by atoms with E-state index in [0.29, 0.717) is 0 Å². The van der Waals surface area contributed by atoms with Crippen molar-refractivity contribution in [1.29, 1.82) is 0 Å². The smallest absolute Gasteiger partial charge is 0.120 e. The molecule has 2 rings (SSSR count). The Labute approximate surface area is 120 Å². The molecule has 20 heavy (non-hydrogen) atoms. The monoisotopic (exact) mass is 271 g/mol. The molecule has 0 saturated heterocycles. The molecule has 3 heteroatoms. The van der Waals surface area contributed by atoms with E-state index >= 15 is 0 Å². The van der Waals surface area contributed by atoms with Crippen LogP contribution in [-0.2, 0) is 0 Å². The highest BCUT2D eigenvalue weighted by Gasteiger charge is 2.04. The van der Waals surface area contributed by atoms with Crippen molar-refractivity contribution in [2.75, 3.05) is 19.0 Å². The summed E-state index contributed by atoms with van der Waals surface area (Å²) in [6.45, 7) is 4.85. The third-order valence-electron chi connectivity index (χ3n) is 3.02. The van der Waals surface area contributed by atoms with Crippen LogP contribution in [0.5, 0.6) is 11.5 Å². The molecular formula is C17H21NO2. The summed E-state index contributed by atoms with van der Waals surface area (Å²) < 4.78 is 11.1. The number of hydrogen-bond donors (Lipinski definition) is 1. The molecule has 1 atom stereocenters. The Bertz CT molecular complexity index is 537. The first-order chi connectivity index (χ1) is 9.67. The molecule has 0 heterocycles. The van der Waals surface area contributed by atoms with Crippen LogP contribution in [0.25, 0.3) is 0 Å². The molecule has 0 aliphatic rings. The van der Waals surface area contributed by atoms with Crippen molar-refractivity contribution < 1.29 is 9.47 Å². The zero-order valence-electron chi connectivity index (χ0n) is 12.2. The molecule has 1 N–H and O–H groups in total. The number of anilines is 1. The molecule has 0 aliphatic heterocycles. The Morgan fingerprint density at radius 2 is 1.80 bits per heavy atom. The Hall–Kier alpha value is -2.16. The number of methoxy groups -OCH3 is 1. The summed E-state index contributed by atoms with van der Waals surface area (Å²) in [5.74, 6) is 1.75. The van der Waals surface area contributed by atoms with Gasteiger partial charge in [0.15, 0.2) is 0 Å². The summed E-state index contributed by atoms with van der Waals surface area (Å²) in [6, 6.07) is 16.0. The quantitative estimate of drug-likeness (QED) is 0.864. The summed E-state index contributed by atoms with van der Waals surface area (Å²) in [7, 11) is 1.67. The molecule has 0 aliphatic carbocycles. The van der Waals surface area contributed by atoms with E-state index in [0.717, 1.165) is 23.7 Å². The van der Waals surface area contributed by atoms with Crippen molar-refractivity contribution in [3.05, 3.63) is 54.1 Å². The average Bonchev–Trinajstić information content (AvgIpc) is 2.48. The third-order valence-corrected chi connectivity index (χ3v) is 3.02. The van der Waals surface area contributed by atoms with E-state index in [1.165, 1.54) is 5.56 Å². The fourth-order valence-corrected chi connectivity index (χ4v) is 1.89. The number of hydrogen-bond acceptors (Lipinski definition) is 3. The second-order valence-corrected chi connectivity index (χ2v) is 4.85. The first-order valence-corrected chi connectivity index (χ1v) is 6.78. The van der Waals surface area contributed by atoms with Gasteiger partial charge in [0.2, 0.25) is 0 Å². The van der Waals surface area contributed by atoms with E-state index in [9.17, 15) is 0 Å². The molecule has 0 amide bonds. The standard InChI is InChI=1S/C17H21NO2/c1-13-7-9-16(10-8-13)20-14(2)12-18-15-5-4-6-17(11-15)19-3/h4-11,14,18H,12H2,1-3H3. The van der Waals surface area contributed by atoms with Crippen LogP contribution in [0.4, 0.5) is 5.69 Å². The summed E-state index contributed by atoms with van der Waals surface area (Å²) in [5, 5.41) is 3.35. The molecule has 0 aromatic heterocycles. The normalized spacial score (nSPS) is 11.8. The molecule has 2 aromatic rings. The molecule has 0 fully saturated rings. The Balaban J connectivity index is 1.85. The van der Waals surface area contributed by atoms with Crippen molar-refractivity contribution in [2.45, 2.75) is 20.0 Å². The lowest BCUT2D eigenvalue weighted by Gasteiger charge is -2.16. The van der Waals surface area contributed by atoms with Crippen molar-refractivity contribution in [1.82, 2.24) is 0 Å². The Kier molecular flexibility index (Phi) is 4.88. The maximum atomic E-state index is 5.85. The number of aryl methyl sites for hydroxylation is 1. The minimum Gasteiger partial charge on any atom is -0.497 e. The van der Waals surface area contributed by atoms with Gasteiger partial charge in [0, 0.05) is 11.8 Å². The van der Waals surface area contributed by atoms with Gasteiger partial charge in [-0.1, -0.05) is 23.8 Å². The van der Waals surface area contributed by atoms with E-state index in [1.807, 2.05) is 43.3 Å². The maximum absolute atomic E-state index is 5.85. The maximum Gasteiger partial charge on any atom is 0.120 e. The summed E-state index contributed by atoms with van der Waals surface area (Å²) >= 11 is 0. The van der Waals surface area contributed by atoms with Crippen molar-refractivity contribution in [3.8, 4) is 11.5 Å². The lowest BCUT2D eigenvalue weighted by atomic mass is 10.2. The molecule has 0 spiro atoms. The van der Waals surface area contributed by atoms with Crippen LogP contribution in [0.2, 0.25) is 0 Å². The average molecular weight is 271 g/mol. The highest BCUT2D eigenvalue weighted by molar-refractivity contribution is 5.48. The van der Waals surface area contributed by atoms with Gasteiger partial charge >= 0.3 is 0 Å². The van der Waals surface area contributed by atoms with Gasteiger partial charge in [-0.2, -0.15) is 0 Å². The zero-order chi connectivity index (χ0) is 14.4. The van der Waals surface area contributed by atoms with E-state index in [2.05, 4.69) is 24.4 Å². The van der Waals surface area contributed by atoms with Crippen LogP contribution >= 0.6 is 0 Å². The highest BCUT2D eigenvalue weighted by atomic mass is 16.5. The molecule has 1 unspecified atom stereocenters. The first-order valence-electron chi connectivity index (χ1n) is 6.78. The van der Waals surface area contributed by atoms with Gasteiger partial charge in [-0.15, -0.1) is 0 Å². The van der Waals surface area contributed by atoms with E-state index in [1.54, 1.807) is 7.11 Å². The first kappa shape index (κ1) is 14.3. The lowest BCUT2D eigenvalue weighted by Crippen LogP contribution is -2.22. The van der Waals surface area contributed by atoms with Gasteiger partial charge in [0.05, 0.1) is 13.7 Å². The second kappa shape index (κ2) is 6.85. The summed E-state index contributed by atoms with van der Waals surface area (Å²) in [6.07, 6.45) is 0.0870. The Morgan fingerprint density at radius 1 is 1.05 bits per heavy atom. The van der Waals surface area contributed by atoms with Crippen LogP contribution in [0.15, 0.2) is 48.5 Å². The zero-order valence-corrected chi connectivity index (χ0v) is 12.2. The van der Waals surface area contributed by atoms with Crippen LogP contribution in [0.3, 0.4) is 0 Å². The van der Waals surface area contributed by atoms with Crippen LogP contribution in [-0.4, -0.2) is 19.8 Å². The van der Waals surface area contributed by atoms with Crippen LogP contribution in [0.1, 0.15) is 12.5 Å². The number of rotatable bonds is 6. The molecule has 106 valence electrons. The molecule has 3 nitrogen and oxygen atoms in total. The fraction of sp³-hybridized carbons (Fsp3) is 0.294. The van der Waals surface area contributed by atoms with Crippen LogP contribution in [0, 0.1) is 6.92 Å². The van der Waals surface area contributed by atoms with Crippen molar-refractivity contribution in [3.63, 3.8) is 0 Å². The predicted octanol–water partition coefficient (Wildman–Crippen LogP) is 3.88. The van der Waals surface area contributed by atoms with Gasteiger partial charge in [-0.3, -0.25) is 0 Å². The molecule has 2 aromatic carbocycles. The number of ether oxygens (including phenoxy) is 2. The van der Waals surface area contributed by atoms with Gasteiger partial charge in [-0.05, 0) is 38.1 Å². The topological polar surface area (TPSA) is 30.5 Å². The summed E-state index contributed by atoms with van der Waals surface area (Å²) in [5.41, 5.74) is 2.27. The third kappa shape index (κ3) is 4.19. The van der Waals surface area contributed by atoms with Gasteiger partial charge < -0.3 is 14.8 Å². The molecule has 0 bridgehead atoms. The minimum absolute atomic E-state index is 0.0870. The van der Waals surface area contributed by atoms with E-state index < -0.39 is 0 Å². The van der Waals surface area contributed by atoms with Crippen molar-refractivity contribution in [2.24, 2.45) is 0 Å². The predicted molar refractivity (Wildman–Crippen MR) is 82.8 cm³/mol. The van der Waals surface area contributed by atoms with Gasteiger partial charge in [0.25, 0.3) is 0 Å². The van der Waals surface area contributed by atoms with Crippen LogP contribution < -0.4 is 14.8 Å². The minimum atomic E-state index is 0.0870. The summed E-state index contributed by atoms with van der Waals surface area (Å²) in [4.78, 5) is 0. The second-order valence-electron chi connectivity index (χ2n) is 4.85. The van der Waals surface area contributed by atoms with E-state index in [-0.39, 0.29) is 6.10 Å². The van der Waals surface area contributed by atoms with E-state index in [4.69, 9.17) is 9.47 Å². The molecular weight excluding hydrogens is 250 g/mol. The SMILES string of the molecule is COc1cccc(NCC(C)Oc2ccc(C)cc2)c1. The molecule has 0 radical (unpaired) electrons. The van der Waals surface area contributed by atoms with Gasteiger partial charge in [-0.25, -0.2) is 0 Å². The lowest BCUT2D eigenvalue weighted by molar-refractivity contribution is 0.234. The number of nitrogens with one attached hydrogen (secondary N) is 1. The largest absolute Gasteiger partial charge is 0.497 e. The highest BCUT2D eigenvalue weighted by Crippen LogP contribution is 2.17. The number of benzene rings is 2. The fourth-order valence-electron chi connectivity index (χ4n) is 1.89. The van der Waals surface area contributed by atoms with Crippen molar-refractivity contribution >= 4 is 5.69 Å².